The van der Waals surface area contributed by atoms with E-state index in [2.05, 4.69) is 4.74 Å². The molecule has 3 rings (SSSR count). The minimum absolute atomic E-state index is 0.00203. The Morgan fingerprint density at radius 3 is 2.47 bits per heavy atom. The van der Waals surface area contributed by atoms with E-state index in [0.29, 0.717) is 11.5 Å². The van der Waals surface area contributed by atoms with Gasteiger partial charge in [0.05, 0.1) is 19.2 Å². The first-order valence-corrected chi connectivity index (χ1v) is 10.2. The number of carbonyl (C=O) groups excluding carboxylic acids is 3. The third-order valence-electron chi connectivity index (χ3n) is 5.08. The summed E-state index contributed by atoms with van der Waals surface area (Å²) in [7, 11) is 1.24. The number of furan rings is 1. The molecule has 7 nitrogen and oxygen atoms in total. The van der Waals surface area contributed by atoms with Gasteiger partial charge in [0.15, 0.2) is 0 Å². The van der Waals surface area contributed by atoms with Gasteiger partial charge in [0.1, 0.15) is 17.2 Å². The lowest BCUT2D eigenvalue weighted by molar-refractivity contribution is -0.150. The minimum Gasteiger partial charge on any atom is -0.463 e. The Morgan fingerprint density at radius 2 is 1.84 bits per heavy atom. The quantitative estimate of drug-likeness (QED) is 0.639. The van der Waals surface area contributed by atoms with Crippen molar-refractivity contribution in [3.8, 4) is 0 Å². The number of esters is 2. The van der Waals surface area contributed by atoms with Crippen molar-refractivity contribution in [1.82, 2.24) is 4.90 Å². The van der Waals surface area contributed by atoms with Crippen LogP contribution in [0.3, 0.4) is 0 Å². The number of rotatable bonds is 5. The maximum atomic E-state index is 14.6. The number of hydrogen-bond donors (Lipinski definition) is 0. The Hall–Kier alpha value is -3.42. The van der Waals surface area contributed by atoms with Gasteiger partial charge < -0.3 is 18.8 Å². The van der Waals surface area contributed by atoms with E-state index in [-0.39, 0.29) is 35.8 Å². The van der Waals surface area contributed by atoms with E-state index in [1.54, 1.807) is 52.0 Å². The van der Waals surface area contributed by atoms with Gasteiger partial charge in [-0.3, -0.25) is 4.79 Å². The van der Waals surface area contributed by atoms with Gasteiger partial charge in [-0.25, -0.2) is 14.0 Å². The summed E-state index contributed by atoms with van der Waals surface area (Å²) in [6.45, 7) is 6.83. The first kappa shape index (κ1) is 23.2. The molecule has 1 atom stereocenters. The zero-order valence-electron chi connectivity index (χ0n) is 18.7. The topological polar surface area (TPSA) is 86.0 Å². The highest BCUT2D eigenvalue weighted by Gasteiger charge is 2.39. The molecule has 32 heavy (non-hydrogen) atoms. The maximum absolute atomic E-state index is 14.6. The number of hydrogen-bond acceptors (Lipinski definition) is 6. The Labute approximate surface area is 185 Å². The van der Waals surface area contributed by atoms with Crippen LogP contribution >= 0.6 is 0 Å². The second-order valence-electron chi connectivity index (χ2n) is 8.52. The van der Waals surface area contributed by atoms with Crippen LogP contribution in [-0.2, 0) is 25.6 Å². The molecule has 0 radical (unpaired) electrons. The van der Waals surface area contributed by atoms with Gasteiger partial charge in [-0.1, -0.05) is 18.2 Å². The fourth-order valence-corrected chi connectivity index (χ4v) is 3.65. The SMILES string of the molecule is COC(=O)c1ccc(CN2C(=O)CC(c3ccccc3F)C(C(=O)OC(C)(C)C)=C2C)o1. The number of carbonyl (C=O) groups is 3. The lowest BCUT2D eigenvalue weighted by Crippen LogP contribution is -2.39. The molecule has 0 bridgehead atoms. The first-order chi connectivity index (χ1) is 15.0. The first-order valence-electron chi connectivity index (χ1n) is 10.2. The number of amides is 1. The van der Waals surface area contributed by atoms with E-state index in [4.69, 9.17) is 9.15 Å². The molecule has 1 aromatic heterocycles. The molecule has 8 heteroatoms. The third kappa shape index (κ3) is 4.90. The zero-order chi connectivity index (χ0) is 23.6. The van der Waals surface area contributed by atoms with Gasteiger partial charge in [0.25, 0.3) is 0 Å². The van der Waals surface area contributed by atoms with Crippen molar-refractivity contribution in [3.05, 3.63) is 70.6 Å². The summed E-state index contributed by atoms with van der Waals surface area (Å²) in [5, 5.41) is 0. The van der Waals surface area contributed by atoms with E-state index >= 15 is 0 Å². The summed E-state index contributed by atoms with van der Waals surface area (Å²) < 4.78 is 30.3. The highest BCUT2D eigenvalue weighted by atomic mass is 19.1. The fourth-order valence-electron chi connectivity index (χ4n) is 3.65. The van der Waals surface area contributed by atoms with Crippen molar-refractivity contribution in [2.75, 3.05) is 7.11 Å². The lowest BCUT2D eigenvalue weighted by atomic mass is 9.83. The summed E-state index contributed by atoms with van der Waals surface area (Å²) in [4.78, 5) is 39.2. The van der Waals surface area contributed by atoms with Crippen LogP contribution in [0.25, 0.3) is 0 Å². The van der Waals surface area contributed by atoms with Gasteiger partial charge in [-0.05, 0) is 51.5 Å². The monoisotopic (exact) mass is 443 g/mol. The molecule has 0 saturated carbocycles. The zero-order valence-corrected chi connectivity index (χ0v) is 18.7. The average molecular weight is 443 g/mol. The smallest absolute Gasteiger partial charge is 0.373 e. The second kappa shape index (κ2) is 8.98. The fraction of sp³-hybridized carbons (Fsp3) is 0.375. The number of halogens is 1. The van der Waals surface area contributed by atoms with Crippen LogP contribution < -0.4 is 0 Å². The lowest BCUT2D eigenvalue weighted by Gasteiger charge is -2.35. The molecule has 0 saturated heterocycles. The number of nitrogens with zero attached hydrogens (tertiary/aromatic N) is 1. The molecule has 2 heterocycles. The molecular formula is C24H26FNO6. The summed E-state index contributed by atoms with van der Waals surface area (Å²) in [6.07, 6.45) is -0.114. The van der Waals surface area contributed by atoms with E-state index in [1.807, 2.05) is 0 Å². The van der Waals surface area contributed by atoms with Crippen LogP contribution in [0.15, 0.2) is 52.1 Å². The largest absolute Gasteiger partial charge is 0.463 e. The van der Waals surface area contributed by atoms with Crippen molar-refractivity contribution in [1.29, 1.82) is 0 Å². The highest BCUT2D eigenvalue weighted by Crippen LogP contribution is 2.39. The normalized spacial score (nSPS) is 16.9. The van der Waals surface area contributed by atoms with Crippen LogP contribution in [0.5, 0.6) is 0 Å². The molecule has 0 fully saturated rings. The predicted octanol–water partition coefficient (Wildman–Crippen LogP) is 4.34. The molecule has 2 aromatic rings. The van der Waals surface area contributed by atoms with Crippen LogP contribution in [0, 0.1) is 5.82 Å². The van der Waals surface area contributed by atoms with Crippen molar-refractivity contribution >= 4 is 17.8 Å². The average Bonchev–Trinajstić information content (AvgIpc) is 3.17. The van der Waals surface area contributed by atoms with Crippen molar-refractivity contribution in [2.45, 2.75) is 52.2 Å². The van der Waals surface area contributed by atoms with E-state index in [0.717, 1.165) is 0 Å². The number of methoxy groups -OCH3 is 1. The summed E-state index contributed by atoms with van der Waals surface area (Å²) in [5.74, 6) is -2.49. The Balaban J connectivity index is 2.03. The van der Waals surface area contributed by atoms with Crippen molar-refractivity contribution in [3.63, 3.8) is 0 Å². The molecule has 170 valence electrons. The minimum atomic E-state index is -0.781. The summed E-state index contributed by atoms with van der Waals surface area (Å²) in [6, 6.07) is 9.08. The Bertz CT molecular complexity index is 1080. The van der Waals surface area contributed by atoms with Gasteiger partial charge in [0.2, 0.25) is 11.7 Å². The predicted molar refractivity (Wildman–Crippen MR) is 113 cm³/mol. The van der Waals surface area contributed by atoms with Crippen LogP contribution in [0.4, 0.5) is 4.39 Å². The molecule has 0 spiro atoms. The van der Waals surface area contributed by atoms with E-state index in [1.165, 1.54) is 24.1 Å². The molecule has 1 amide bonds. The standard InChI is InChI=1S/C24H26FNO6/c1-14-21(23(29)32-24(2,3)4)17(16-8-6-7-9-18(16)25)12-20(27)26(14)13-15-10-11-19(31-15)22(28)30-5/h6-11,17H,12-13H2,1-5H3. The number of allylic oxidation sites excluding steroid dienone is 1. The van der Waals surface area contributed by atoms with E-state index in [9.17, 15) is 18.8 Å². The van der Waals surface area contributed by atoms with Crippen molar-refractivity contribution < 1.29 is 32.7 Å². The van der Waals surface area contributed by atoms with Crippen LogP contribution in [0.2, 0.25) is 0 Å². The van der Waals surface area contributed by atoms with Gasteiger partial charge in [-0.15, -0.1) is 0 Å². The highest BCUT2D eigenvalue weighted by molar-refractivity contribution is 5.96. The molecular weight excluding hydrogens is 417 g/mol. The molecule has 0 N–H and O–H groups in total. The molecule has 1 unspecified atom stereocenters. The molecule has 1 aliphatic heterocycles. The maximum Gasteiger partial charge on any atom is 0.373 e. The second-order valence-corrected chi connectivity index (χ2v) is 8.52. The van der Waals surface area contributed by atoms with Crippen LogP contribution in [0.1, 0.15) is 61.9 Å². The third-order valence-corrected chi connectivity index (χ3v) is 5.08. The van der Waals surface area contributed by atoms with Gasteiger partial charge in [0, 0.05) is 18.0 Å². The van der Waals surface area contributed by atoms with E-state index < -0.39 is 29.3 Å². The number of ether oxygens (including phenoxy) is 2. The molecule has 1 aliphatic rings. The summed E-state index contributed by atoms with van der Waals surface area (Å²) >= 11 is 0. The van der Waals surface area contributed by atoms with Gasteiger partial charge >= 0.3 is 11.9 Å². The van der Waals surface area contributed by atoms with Crippen LogP contribution in [-0.4, -0.2) is 35.5 Å². The van der Waals surface area contributed by atoms with Gasteiger partial charge in [-0.2, -0.15) is 0 Å². The summed E-state index contributed by atoms with van der Waals surface area (Å²) in [5.41, 5.74) is 0.0446. The van der Waals surface area contributed by atoms with Crippen molar-refractivity contribution in [2.24, 2.45) is 0 Å². The Morgan fingerprint density at radius 1 is 1.16 bits per heavy atom. The molecule has 0 aliphatic carbocycles. The molecule has 1 aromatic carbocycles. The number of benzene rings is 1. The Kier molecular flexibility index (Phi) is 6.52.